The van der Waals surface area contributed by atoms with E-state index in [9.17, 15) is 9.59 Å². The molecule has 3 heterocycles. The molecule has 1 aromatic heterocycles. The lowest BCUT2D eigenvalue weighted by Gasteiger charge is -2.25. The summed E-state index contributed by atoms with van der Waals surface area (Å²) < 4.78 is 10.6. The first-order valence-corrected chi connectivity index (χ1v) is 8.13. The molecule has 2 aliphatic heterocycles. The van der Waals surface area contributed by atoms with Crippen LogP contribution in [0.5, 0.6) is 0 Å². The summed E-state index contributed by atoms with van der Waals surface area (Å²) in [4.78, 5) is 28.0. The molecule has 3 rings (SSSR count). The largest absolute Gasteiger partial charge is 0.444 e. The minimum atomic E-state index is -0.491. The van der Waals surface area contributed by atoms with Gasteiger partial charge < -0.3 is 19.0 Å². The van der Waals surface area contributed by atoms with E-state index in [-0.39, 0.29) is 34.8 Å². The van der Waals surface area contributed by atoms with Gasteiger partial charge in [-0.15, -0.1) is 0 Å². The number of fused-ring (bicyclic) bond motifs is 1. The third-order valence-corrected chi connectivity index (χ3v) is 4.41. The van der Waals surface area contributed by atoms with E-state index in [2.05, 4.69) is 0 Å². The van der Waals surface area contributed by atoms with E-state index in [0.717, 1.165) is 0 Å². The lowest BCUT2D eigenvalue weighted by atomic mass is 10.0. The summed E-state index contributed by atoms with van der Waals surface area (Å²) in [5.41, 5.74) is -0.491. The predicted molar refractivity (Wildman–Crippen MR) is 84.4 cm³/mol. The molecule has 7 heteroatoms. The molecule has 0 bridgehead atoms. The van der Waals surface area contributed by atoms with Crippen molar-refractivity contribution < 1.29 is 18.7 Å². The second-order valence-corrected chi connectivity index (χ2v) is 7.59. The SMILES string of the molecule is CC(C)(C)OC(=O)N1C[C@H]2CN(C(=O)c3ccc(Cl)o3)C[C@@H]2C1. The Bertz CT molecular complexity index is 608. The van der Waals surface area contributed by atoms with Crippen molar-refractivity contribution in [1.29, 1.82) is 0 Å². The average Bonchev–Trinajstić information content (AvgIpc) is 3.08. The Balaban J connectivity index is 1.57. The zero-order valence-electron chi connectivity index (χ0n) is 13.5. The van der Waals surface area contributed by atoms with Crippen LogP contribution in [0.1, 0.15) is 31.3 Å². The van der Waals surface area contributed by atoms with Crippen LogP contribution in [-0.4, -0.2) is 53.6 Å². The number of carbonyl (C=O) groups is 2. The van der Waals surface area contributed by atoms with Crippen molar-refractivity contribution in [3.8, 4) is 0 Å². The Morgan fingerprint density at radius 3 is 2.17 bits per heavy atom. The van der Waals surface area contributed by atoms with Gasteiger partial charge in [0.1, 0.15) is 5.60 Å². The van der Waals surface area contributed by atoms with Gasteiger partial charge in [-0.05, 0) is 44.5 Å². The molecular formula is C16H21ClN2O4. The summed E-state index contributed by atoms with van der Waals surface area (Å²) in [5, 5.41) is 0.212. The quantitative estimate of drug-likeness (QED) is 0.788. The van der Waals surface area contributed by atoms with E-state index in [1.54, 1.807) is 21.9 Å². The molecule has 0 saturated carbocycles. The molecule has 2 atom stereocenters. The number of likely N-dealkylation sites (tertiary alicyclic amines) is 2. The lowest BCUT2D eigenvalue weighted by Crippen LogP contribution is -2.38. The Labute approximate surface area is 140 Å². The molecule has 0 unspecified atom stereocenters. The normalized spacial score (nSPS) is 24.0. The Morgan fingerprint density at radius 1 is 1.13 bits per heavy atom. The second-order valence-electron chi connectivity index (χ2n) is 7.22. The third kappa shape index (κ3) is 3.47. The molecule has 23 heavy (non-hydrogen) atoms. The standard InChI is InChI=1S/C16H21ClN2O4/c1-16(2,3)23-15(21)19-8-10-6-18(7-11(10)9-19)14(20)12-4-5-13(17)22-12/h4-5,10-11H,6-9H2,1-3H3/t10-,11-/m1/s1. The maximum absolute atomic E-state index is 12.4. The van der Waals surface area contributed by atoms with Crippen LogP contribution in [0.2, 0.25) is 5.22 Å². The van der Waals surface area contributed by atoms with Crippen molar-refractivity contribution in [2.45, 2.75) is 26.4 Å². The Hall–Kier alpha value is -1.69. The number of hydrogen-bond donors (Lipinski definition) is 0. The maximum Gasteiger partial charge on any atom is 0.410 e. The summed E-state index contributed by atoms with van der Waals surface area (Å²) in [5.74, 6) is 0.697. The average molecular weight is 341 g/mol. The number of ether oxygens (including phenoxy) is 1. The molecule has 1 aromatic rings. The van der Waals surface area contributed by atoms with Gasteiger partial charge in [0, 0.05) is 38.0 Å². The zero-order valence-corrected chi connectivity index (χ0v) is 14.3. The van der Waals surface area contributed by atoms with Gasteiger partial charge in [-0.3, -0.25) is 4.79 Å². The van der Waals surface area contributed by atoms with Crippen molar-refractivity contribution in [3.63, 3.8) is 0 Å². The van der Waals surface area contributed by atoms with Gasteiger partial charge in [0.05, 0.1) is 0 Å². The van der Waals surface area contributed by atoms with Gasteiger partial charge in [-0.25, -0.2) is 4.79 Å². The molecule has 0 radical (unpaired) electrons. The Kier molecular flexibility index (Phi) is 4.04. The highest BCUT2D eigenvalue weighted by Gasteiger charge is 2.44. The summed E-state index contributed by atoms with van der Waals surface area (Å²) in [7, 11) is 0. The molecule has 2 amide bonds. The number of furan rings is 1. The highest BCUT2D eigenvalue weighted by atomic mass is 35.5. The smallest absolute Gasteiger partial charge is 0.410 e. The maximum atomic E-state index is 12.4. The molecule has 2 aliphatic rings. The van der Waals surface area contributed by atoms with Crippen LogP contribution in [0.4, 0.5) is 4.79 Å². The fourth-order valence-corrected chi connectivity index (χ4v) is 3.37. The third-order valence-electron chi connectivity index (χ3n) is 4.21. The monoisotopic (exact) mass is 340 g/mol. The number of nitrogens with zero attached hydrogens (tertiary/aromatic N) is 2. The van der Waals surface area contributed by atoms with E-state index >= 15 is 0 Å². The minimum absolute atomic E-state index is 0.143. The van der Waals surface area contributed by atoms with E-state index in [0.29, 0.717) is 26.2 Å². The molecule has 6 nitrogen and oxygen atoms in total. The van der Waals surface area contributed by atoms with Crippen molar-refractivity contribution in [1.82, 2.24) is 9.80 Å². The molecule has 0 aromatic carbocycles. The highest BCUT2D eigenvalue weighted by Crippen LogP contribution is 2.33. The number of rotatable bonds is 1. The minimum Gasteiger partial charge on any atom is -0.444 e. The van der Waals surface area contributed by atoms with Crippen molar-refractivity contribution >= 4 is 23.6 Å². The summed E-state index contributed by atoms with van der Waals surface area (Å²) in [6, 6.07) is 3.15. The number of halogens is 1. The Morgan fingerprint density at radius 2 is 1.70 bits per heavy atom. The van der Waals surface area contributed by atoms with Crippen LogP contribution in [-0.2, 0) is 4.74 Å². The van der Waals surface area contributed by atoms with Gasteiger partial charge in [0.15, 0.2) is 11.0 Å². The van der Waals surface area contributed by atoms with Crippen molar-refractivity contribution in [2.75, 3.05) is 26.2 Å². The lowest BCUT2D eigenvalue weighted by molar-refractivity contribution is 0.0275. The first kappa shape index (κ1) is 16.2. The predicted octanol–water partition coefficient (Wildman–Crippen LogP) is 2.87. The highest BCUT2D eigenvalue weighted by molar-refractivity contribution is 6.29. The van der Waals surface area contributed by atoms with Crippen LogP contribution in [0.3, 0.4) is 0 Å². The molecule has 0 N–H and O–H groups in total. The van der Waals surface area contributed by atoms with Crippen molar-refractivity contribution in [2.24, 2.45) is 11.8 Å². The van der Waals surface area contributed by atoms with Crippen molar-refractivity contribution in [3.05, 3.63) is 23.1 Å². The number of amides is 2. The summed E-state index contributed by atoms with van der Waals surface area (Å²) >= 11 is 5.72. The van der Waals surface area contributed by atoms with Gasteiger partial charge in [0.25, 0.3) is 5.91 Å². The van der Waals surface area contributed by atoms with Crippen LogP contribution in [0, 0.1) is 11.8 Å². The van der Waals surface area contributed by atoms with Gasteiger partial charge >= 0.3 is 6.09 Å². The molecule has 0 spiro atoms. The number of carbonyl (C=O) groups excluding carboxylic acids is 2. The second kappa shape index (κ2) is 5.74. The van der Waals surface area contributed by atoms with Crippen LogP contribution in [0.15, 0.2) is 16.5 Å². The first-order chi connectivity index (χ1) is 10.7. The number of hydrogen-bond acceptors (Lipinski definition) is 4. The topological polar surface area (TPSA) is 63.0 Å². The van der Waals surface area contributed by atoms with Gasteiger partial charge in [0.2, 0.25) is 0 Å². The van der Waals surface area contributed by atoms with E-state index in [1.807, 2.05) is 20.8 Å². The summed E-state index contributed by atoms with van der Waals surface area (Å²) in [6.45, 7) is 8.08. The van der Waals surface area contributed by atoms with Gasteiger partial charge in [-0.1, -0.05) is 0 Å². The molecule has 2 saturated heterocycles. The molecule has 2 fully saturated rings. The fourth-order valence-electron chi connectivity index (χ4n) is 3.22. The van der Waals surface area contributed by atoms with Crippen LogP contribution >= 0.6 is 11.6 Å². The fraction of sp³-hybridized carbons (Fsp3) is 0.625. The van der Waals surface area contributed by atoms with Crippen LogP contribution in [0.25, 0.3) is 0 Å². The van der Waals surface area contributed by atoms with E-state index in [1.165, 1.54) is 0 Å². The molecule has 0 aliphatic carbocycles. The first-order valence-electron chi connectivity index (χ1n) is 7.75. The summed E-state index contributed by atoms with van der Waals surface area (Å²) in [6.07, 6.45) is -0.275. The zero-order chi connectivity index (χ0) is 16.8. The molecule has 126 valence electrons. The van der Waals surface area contributed by atoms with E-state index < -0.39 is 5.60 Å². The van der Waals surface area contributed by atoms with E-state index in [4.69, 9.17) is 20.8 Å². The van der Waals surface area contributed by atoms with Gasteiger partial charge in [-0.2, -0.15) is 0 Å². The van der Waals surface area contributed by atoms with Crippen LogP contribution < -0.4 is 0 Å². The molecular weight excluding hydrogens is 320 g/mol.